The minimum Gasteiger partial charge on any atom is -0.206 e. The fourth-order valence-corrected chi connectivity index (χ4v) is 5.47. The van der Waals surface area contributed by atoms with Gasteiger partial charge in [0.15, 0.2) is 0 Å². The van der Waals surface area contributed by atoms with E-state index in [2.05, 4.69) is 91.0 Å². The van der Waals surface area contributed by atoms with Crippen LogP contribution in [0, 0.1) is 5.82 Å². The summed E-state index contributed by atoms with van der Waals surface area (Å²) in [7, 11) is 0. The van der Waals surface area contributed by atoms with Gasteiger partial charge < -0.3 is 0 Å². The van der Waals surface area contributed by atoms with E-state index in [1.54, 1.807) is 6.07 Å². The van der Waals surface area contributed by atoms with E-state index in [-0.39, 0.29) is 5.82 Å². The highest BCUT2D eigenvalue weighted by Crippen LogP contribution is 2.39. The van der Waals surface area contributed by atoms with E-state index in [9.17, 15) is 0 Å². The van der Waals surface area contributed by atoms with E-state index in [4.69, 9.17) is 0 Å². The third kappa shape index (κ3) is 3.13. The maximum atomic E-state index is 15.9. The molecule has 0 fully saturated rings. The Kier molecular flexibility index (Phi) is 4.43. The van der Waals surface area contributed by atoms with Crippen molar-refractivity contribution < 1.29 is 4.39 Å². The lowest BCUT2D eigenvalue weighted by molar-refractivity contribution is 0.632. The summed E-state index contributed by atoms with van der Waals surface area (Å²) < 4.78 is 15.9. The van der Waals surface area contributed by atoms with Crippen molar-refractivity contribution in [2.75, 3.05) is 0 Å². The number of hydrogen-bond acceptors (Lipinski definition) is 0. The van der Waals surface area contributed by atoms with Crippen molar-refractivity contribution in [3.63, 3.8) is 0 Å². The maximum Gasteiger partial charge on any atom is 0.131 e. The van der Waals surface area contributed by atoms with E-state index in [0.29, 0.717) is 5.56 Å². The molecule has 35 heavy (non-hydrogen) atoms. The molecule has 0 aliphatic rings. The molecule has 0 aliphatic heterocycles. The standard InChI is InChI=1S/C34H21F/c35-34-21-24(32-19-22-9-1-3-11-25(22)27-13-5-7-15-29(27)32)17-18-31(34)33-20-23-10-2-4-12-26(23)28-14-6-8-16-30(28)33/h1-21H. The summed E-state index contributed by atoms with van der Waals surface area (Å²) in [5, 5.41) is 9.20. The van der Waals surface area contributed by atoms with Gasteiger partial charge in [-0.25, -0.2) is 4.39 Å². The van der Waals surface area contributed by atoms with Gasteiger partial charge in [0.25, 0.3) is 0 Å². The fraction of sp³-hybridized carbons (Fsp3) is 0. The number of rotatable bonds is 2. The van der Waals surface area contributed by atoms with Crippen LogP contribution in [0.4, 0.5) is 4.39 Å². The van der Waals surface area contributed by atoms with E-state index in [1.807, 2.05) is 30.3 Å². The first-order valence-electron chi connectivity index (χ1n) is 11.9. The molecule has 7 rings (SSSR count). The van der Waals surface area contributed by atoms with Crippen LogP contribution in [0.2, 0.25) is 0 Å². The van der Waals surface area contributed by atoms with Crippen molar-refractivity contribution in [1.29, 1.82) is 0 Å². The van der Waals surface area contributed by atoms with Gasteiger partial charge in [-0.15, -0.1) is 0 Å². The highest BCUT2D eigenvalue weighted by molar-refractivity contribution is 6.15. The molecule has 0 amide bonds. The van der Waals surface area contributed by atoms with Crippen LogP contribution in [-0.2, 0) is 0 Å². The lowest BCUT2D eigenvalue weighted by Crippen LogP contribution is -1.90. The summed E-state index contributed by atoms with van der Waals surface area (Å²) in [5.41, 5.74) is 3.49. The zero-order valence-electron chi connectivity index (χ0n) is 19.0. The quantitative estimate of drug-likeness (QED) is 0.231. The summed E-state index contributed by atoms with van der Waals surface area (Å²) in [6, 6.07) is 43.3. The molecule has 0 nitrogen and oxygen atoms in total. The molecule has 0 unspecified atom stereocenters. The van der Waals surface area contributed by atoms with Crippen molar-refractivity contribution in [3.8, 4) is 22.3 Å². The molecule has 0 atom stereocenters. The zero-order chi connectivity index (χ0) is 23.4. The molecule has 0 bridgehead atoms. The molecule has 0 N–H and O–H groups in total. The minimum atomic E-state index is -0.208. The van der Waals surface area contributed by atoms with E-state index in [1.165, 1.54) is 16.2 Å². The summed E-state index contributed by atoms with van der Waals surface area (Å²) in [5.74, 6) is -0.208. The average Bonchev–Trinajstić information content (AvgIpc) is 2.92. The number of fused-ring (bicyclic) bond motifs is 6. The lowest BCUT2D eigenvalue weighted by atomic mass is 9.90. The molecule has 0 saturated carbocycles. The first kappa shape index (κ1) is 19.9. The van der Waals surface area contributed by atoms with Gasteiger partial charge in [-0.1, -0.05) is 109 Å². The van der Waals surface area contributed by atoms with E-state index in [0.717, 1.165) is 43.6 Å². The molecule has 1 heteroatoms. The normalized spacial score (nSPS) is 11.6. The van der Waals surface area contributed by atoms with Crippen molar-refractivity contribution in [2.24, 2.45) is 0 Å². The van der Waals surface area contributed by atoms with Gasteiger partial charge in [-0.05, 0) is 78.0 Å². The van der Waals surface area contributed by atoms with Crippen molar-refractivity contribution in [3.05, 3.63) is 133 Å². The number of hydrogen-bond donors (Lipinski definition) is 0. The van der Waals surface area contributed by atoms with Crippen LogP contribution in [0.15, 0.2) is 127 Å². The smallest absolute Gasteiger partial charge is 0.131 e. The first-order chi connectivity index (χ1) is 17.3. The monoisotopic (exact) mass is 448 g/mol. The molecule has 0 spiro atoms. The predicted octanol–water partition coefficient (Wildman–Crippen LogP) is 9.77. The molecular weight excluding hydrogens is 427 g/mol. The van der Waals surface area contributed by atoms with Crippen LogP contribution in [0.5, 0.6) is 0 Å². The topological polar surface area (TPSA) is 0 Å². The summed E-state index contributed by atoms with van der Waals surface area (Å²) in [6.45, 7) is 0. The van der Waals surface area contributed by atoms with Gasteiger partial charge in [0, 0.05) is 5.56 Å². The Morgan fingerprint density at radius 1 is 0.343 bits per heavy atom. The third-order valence-electron chi connectivity index (χ3n) is 7.11. The molecular formula is C34H21F. The van der Waals surface area contributed by atoms with Gasteiger partial charge in [-0.2, -0.15) is 0 Å². The summed E-state index contributed by atoms with van der Waals surface area (Å²) in [6.07, 6.45) is 0. The molecule has 0 aliphatic carbocycles. The Hall–Kier alpha value is -4.49. The third-order valence-corrected chi connectivity index (χ3v) is 7.11. The Bertz CT molecular complexity index is 1910. The molecule has 0 saturated heterocycles. The second kappa shape index (κ2) is 7.78. The molecule has 0 heterocycles. The molecule has 164 valence electrons. The Labute approximate surface area is 202 Å². The van der Waals surface area contributed by atoms with Gasteiger partial charge >= 0.3 is 0 Å². The van der Waals surface area contributed by atoms with Gasteiger partial charge in [0.05, 0.1) is 0 Å². The summed E-state index contributed by atoms with van der Waals surface area (Å²) in [4.78, 5) is 0. The van der Waals surface area contributed by atoms with Gasteiger partial charge in [0.1, 0.15) is 5.82 Å². The second-order valence-corrected chi connectivity index (χ2v) is 9.08. The maximum absolute atomic E-state index is 15.9. The predicted molar refractivity (Wildman–Crippen MR) is 147 cm³/mol. The Morgan fingerprint density at radius 2 is 0.800 bits per heavy atom. The van der Waals surface area contributed by atoms with E-state index >= 15 is 4.39 Å². The average molecular weight is 449 g/mol. The van der Waals surface area contributed by atoms with Crippen LogP contribution in [-0.4, -0.2) is 0 Å². The van der Waals surface area contributed by atoms with Gasteiger partial charge in [0.2, 0.25) is 0 Å². The summed E-state index contributed by atoms with van der Waals surface area (Å²) >= 11 is 0. The van der Waals surface area contributed by atoms with Crippen LogP contribution < -0.4 is 0 Å². The number of benzene rings is 7. The van der Waals surface area contributed by atoms with Crippen LogP contribution >= 0.6 is 0 Å². The molecule has 7 aromatic carbocycles. The minimum absolute atomic E-state index is 0.208. The second-order valence-electron chi connectivity index (χ2n) is 9.08. The van der Waals surface area contributed by atoms with E-state index < -0.39 is 0 Å². The van der Waals surface area contributed by atoms with Crippen molar-refractivity contribution >= 4 is 43.1 Å². The first-order valence-corrected chi connectivity index (χ1v) is 11.9. The lowest BCUT2D eigenvalue weighted by Gasteiger charge is -2.14. The SMILES string of the molecule is Fc1cc(-c2cc3ccccc3c3ccccc23)ccc1-c1cc2ccccc2c2ccccc12. The van der Waals surface area contributed by atoms with Crippen LogP contribution in [0.25, 0.3) is 65.3 Å². The number of halogens is 1. The van der Waals surface area contributed by atoms with Crippen LogP contribution in [0.1, 0.15) is 0 Å². The largest absolute Gasteiger partial charge is 0.206 e. The Balaban J connectivity index is 1.46. The zero-order valence-corrected chi connectivity index (χ0v) is 19.0. The molecule has 0 aromatic heterocycles. The molecule has 0 radical (unpaired) electrons. The fourth-order valence-electron chi connectivity index (χ4n) is 5.47. The van der Waals surface area contributed by atoms with Crippen LogP contribution in [0.3, 0.4) is 0 Å². The highest BCUT2D eigenvalue weighted by Gasteiger charge is 2.14. The van der Waals surface area contributed by atoms with Crippen molar-refractivity contribution in [1.82, 2.24) is 0 Å². The van der Waals surface area contributed by atoms with Gasteiger partial charge in [-0.3, -0.25) is 0 Å². The van der Waals surface area contributed by atoms with Crippen molar-refractivity contribution in [2.45, 2.75) is 0 Å². The highest BCUT2D eigenvalue weighted by atomic mass is 19.1. The molecule has 7 aromatic rings. The Morgan fingerprint density at radius 3 is 1.37 bits per heavy atom.